The van der Waals surface area contributed by atoms with E-state index in [9.17, 15) is 5.11 Å². The fourth-order valence-electron chi connectivity index (χ4n) is 2.13. The number of likely N-dealkylation sites (N-methyl/N-ethyl adjacent to an activating group) is 1. The lowest BCUT2D eigenvalue weighted by Gasteiger charge is -2.34. The van der Waals surface area contributed by atoms with Crippen molar-refractivity contribution in [1.29, 1.82) is 0 Å². The first-order valence-electron chi connectivity index (χ1n) is 5.53. The highest BCUT2D eigenvalue weighted by Gasteiger charge is 2.25. The van der Waals surface area contributed by atoms with Crippen molar-refractivity contribution in [2.45, 2.75) is 51.2 Å². The molecule has 2 unspecified atom stereocenters. The highest BCUT2D eigenvalue weighted by atomic mass is 16.3. The highest BCUT2D eigenvalue weighted by molar-refractivity contribution is 4.96. The van der Waals surface area contributed by atoms with Gasteiger partial charge in [0.05, 0.1) is 6.10 Å². The van der Waals surface area contributed by atoms with E-state index in [-0.39, 0.29) is 6.10 Å². The van der Waals surface area contributed by atoms with E-state index in [1.54, 1.807) is 0 Å². The lowest BCUT2D eigenvalue weighted by Crippen LogP contribution is -2.43. The van der Waals surface area contributed by atoms with Crippen LogP contribution in [0.3, 0.4) is 0 Å². The average molecular weight is 195 g/mol. The van der Waals surface area contributed by atoms with Crippen LogP contribution in [0.2, 0.25) is 0 Å². The van der Waals surface area contributed by atoms with Gasteiger partial charge in [0.1, 0.15) is 0 Å². The predicted octanol–water partition coefficient (Wildman–Crippen LogP) is 1.64. The van der Waals surface area contributed by atoms with Gasteiger partial charge >= 0.3 is 0 Å². The zero-order valence-electron chi connectivity index (χ0n) is 9.29. The third-order valence-electron chi connectivity index (χ3n) is 3.03. The van der Waals surface area contributed by atoms with Crippen LogP contribution in [0.15, 0.2) is 0 Å². The van der Waals surface area contributed by atoms with Gasteiger partial charge in [0.2, 0.25) is 0 Å². The van der Waals surface area contributed by atoms with Gasteiger partial charge in [-0.3, -0.25) is 4.90 Å². The van der Waals surface area contributed by atoms with Crippen LogP contribution in [0.5, 0.6) is 0 Å². The molecule has 0 bridgehead atoms. The maximum atomic E-state index is 9.82. The first kappa shape index (κ1) is 11.6. The van der Waals surface area contributed by atoms with Crippen LogP contribution >= 0.6 is 0 Å². The smallest absolute Gasteiger partial charge is 0.0695 e. The number of hydrogen-bond donors (Lipinski definition) is 1. The fraction of sp³-hybridized carbons (Fsp3) is 0.833. The number of aliphatic hydroxyl groups excluding tert-OH is 1. The molecule has 1 rings (SSSR count). The standard InChI is InChI=1S/C12H21NO/c1-3-4-7-10-13(2)11-8-5-6-9-12(11)14/h11-12,14H,5-10H2,1-2H3. The van der Waals surface area contributed by atoms with Crippen LogP contribution in [0.25, 0.3) is 0 Å². The second-order valence-electron chi connectivity index (χ2n) is 4.08. The van der Waals surface area contributed by atoms with Crippen molar-refractivity contribution in [3.05, 3.63) is 0 Å². The molecule has 1 aliphatic rings. The van der Waals surface area contributed by atoms with Crippen molar-refractivity contribution in [2.24, 2.45) is 0 Å². The molecule has 2 heteroatoms. The Morgan fingerprint density at radius 2 is 2.07 bits per heavy atom. The molecule has 0 aromatic carbocycles. The van der Waals surface area contributed by atoms with Gasteiger partial charge in [0.25, 0.3) is 0 Å². The van der Waals surface area contributed by atoms with Crippen LogP contribution in [-0.4, -0.2) is 35.7 Å². The Morgan fingerprint density at radius 3 is 2.71 bits per heavy atom. The number of hydrogen-bond acceptors (Lipinski definition) is 2. The molecule has 80 valence electrons. The Kier molecular flexibility index (Phi) is 5.00. The quantitative estimate of drug-likeness (QED) is 0.692. The van der Waals surface area contributed by atoms with Gasteiger partial charge in [-0.25, -0.2) is 0 Å². The van der Waals surface area contributed by atoms with Crippen LogP contribution < -0.4 is 0 Å². The van der Waals surface area contributed by atoms with E-state index in [4.69, 9.17) is 0 Å². The maximum absolute atomic E-state index is 9.82. The third-order valence-corrected chi connectivity index (χ3v) is 3.03. The molecule has 1 fully saturated rings. The molecule has 0 heterocycles. The van der Waals surface area contributed by atoms with Crippen molar-refractivity contribution in [3.63, 3.8) is 0 Å². The molecule has 2 atom stereocenters. The summed E-state index contributed by atoms with van der Waals surface area (Å²) in [5.74, 6) is 5.96. The molecule has 0 aromatic heterocycles. The average Bonchev–Trinajstić information content (AvgIpc) is 2.18. The van der Waals surface area contributed by atoms with E-state index in [0.717, 1.165) is 25.8 Å². The summed E-state index contributed by atoms with van der Waals surface area (Å²) < 4.78 is 0. The monoisotopic (exact) mass is 195 g/mol. The number of aliphatic hydroxyl groups is 1. The van der Waals surface area contributed by atoms with Crippen molar-refractivity contribution in [3.8, 4) is 11.8 Å². The Morgan fingerprint density at radius 1 is 1.36 bits per heavy atom. The summed E-state index contributed by atoms with van der Waals surface area (Å²) >= 11 is 0. The zero-order chi connectivity index (χ0) is 10.4. The van der Waals surface area contributed by atoms with Crippen molar-refractivity contribution < 1.29 is 5.11 Å². The van der Waals surface area contributed by atoms with E-state index in [1.807, 2.05) is 6.92 Å². The van der Waals surface area contributed by atoms with Gasteiger partial charge in [0.15, 0.2) is 0 Å². The molecule has 2 nitrogen and oxygen atoms in total. The van der Waals surface area contributed by atoms with Crippen LogP contribution in [0.1, 0.15) is 39.0 Å². The third kappa shape index (κ3) is 3.32. The second kappa shape index (κ2) is 6.06. The van der Waals surface area contributed by atoms with Crippen LogP contribution in [0.4, 0.5) is 0 Å². The number of nitrogens with zero attached hydrogens (tertiary/aromatic N) is 1. The lowest BCUT2D eigenvalue weighted by molar-refractivity contribution is 0.0332. The summed E-state index contributed by atoms with van der Waals surface area (Å²) in [5, 5.41) is 9.82. The molecule has 0 spiro atoms. The van der Waals surface area contributed by atoms with E-state index in [2.05, 4.69) is 23.8 Å². The molecule has 0 aliphatic heterocycles. The molecule has 0 saturated heterocycles. The Bertz CT molecular complexity index is 216. The normalized spacial score (nSPS) is 27.1. The Labute approximate surface area is 87.3 Å². The zero-order valence-corrected chi connectivity index (χ0v) is 9.29. The fourth-order valence-corrected chi connectivity index (χ4v) is 2.13. The summed E-state index contributed by atoms with van der Waals surface area (Å²) in [5.41, 5.74) is 0. The summed E-state index contributed by atoms with van der Waals surface area (Å²) in [6.45, 7) is 2.85. The van der Waals surface area contributed by atoms with Crippen molar-refractivity contribution in [1.82, 2.24) is 4.90 Å². The summed E-state index contributed by atoms with van der Waals surface area (Å²) in [7, 11) is 2.09. The summed E-state index contributed by atoms with van der Waals surface area (Å²) in [6.07, 6.45) is 5.33. The molecule has 0 radical (unpaired) electrons. The van der Waals surface area contributed by atoms with Gasteiger partial charge in [-0.05, 0) is 26.8 Å². The molecule has 0 aromatic rings. The van der Waals surface area contributed by atoms with Gasteiger partial charge in [-0.15, -0.1) is 11.8 Å². The van der Waals surface area contributed by atoms with E-state index in [1.165, 1.54) is 12.8 Å². The second-order valence-corrected chi connectivity index (χ2v) is 4.08. The minimum Gasteiger partial charge on any atom is -0.391 e. The SMILES string of the molecule is CC#CCCN(C)C1CCCCC1O. The van der Waals surface area contributed by atoms with Crippen LogP contribution in [-0.2, 0) is 0 Å². The van der Waals surface area contributed by atoms with Gasteiger partial charge < -0.3 is 5.11 Å². The maximum Gasteiger partial charge on any atom is 0.0695 e. The van der Waals surface area contributed by atoms with Crippen molar-refractivity contribution in [2.75, 3.05) is 13.6 Å². The highest BCUT2D eigenvalue weighted by Crippen LogP contribution is 2.22. The largest absolute Gasteiger partial charge is 0.391 e. The lowest BCUT2D eigenvalue weighted by atomic mass is 9.91. The van der Waals surface area contributed by atoms with Gasteiger partial charge in [-0.1, -0.05) is 12.8 Å². The molecule has 0 amide bonds. The van der Waals surface area contributed by atoms with E-state index >= 15 is 0 Å². The number of rotatable bonds is 3. The molecular weight excluding hydrogens is 174 g/mol. The van der Waals surface area contributed by atoms with E-state index in [0.29, 0.717) is 6.04 Å². The molecule has 14 heavy (non-hydrogen) atoms. The van der Waals surface area contributed by atoms with Crippen molar-refractivity contribution >= 4 is 0 Å². The Balaban J connectivity index is 2.32. The first-order chi connectivity index (χ1) is 6.75. The molecule has 1 saturated carbocycles. The molecule has 1 N–H and O–H groups in total. The van der Waals surface area contributed by atoms with Crippen LogP contribution in [0, 0.1) is 11.8 Å². The molecule has 1 aliphatic carbocycles. The summed E-state index contributed by atoms with van der Waals surface area (Å²) in [6, 6.07) is 0.363. The first-order valence-corrected chi connectivity index (χ1v) is 5.53. The molecular formula is C12H21NO. The van der Waals surface area contributed by atoms with E-state index < -0.39 is 0 Å². The minimum absolute atomic E-state index is 0.122. The van der Waals surface area contributed by atoms with Gasteiger partial charge in [0, 0.05) is 19.0 Å². The minimum atomic E-state index is -0.122. The summed E-state index contributed by atoms with van der Waals surface area (Å²) in [4.78, 5) is 2.26. The predicted molar refractivity (Wildman–Crippen MR) is 59.0 cm³/mol. The Hall–Kier alpha value is -0.520. The van der Waals surface area contributed by atoms with Gasteiger partial charge in [-0.2, -0.15) is 0 Å². The topological polar surface area (TPSA) is 23.5 Å².